The second kappa shape index (κ2) is 7.92. The molecule has 2 aromatic rings. The molecule has 0 atom stereocenters. The summed E-state index contributed by atoms with van der Waals surface area (Å²) < 4.78 is 40.3. The lowest BCUT2D eigenvalue weighted by Gasteiger charge is -2.23. The maximum atomic E-state index is 13.1. The lowest BCUT2D eigenvalue weighted by atomic mass is 9.84. The molecule has 1 aromatic heterocycles. The van der Waals surface area contributed by atoms with E-state index in [1.54, 1.807) is 18.2 Å². The summed E-state index contributed by atoms with van der Waals surface area (Å²) in [6.45, 7) is 6.38. The van der Waals surface area contributed by atoms with E-state index >= 15 is 0 Å². The van der Waals surface area contributed by atoms with E-state index in [1.165, 1.54) is 7.05 Å². The van der Waals surface area contributed by atoms with E-state index < -0.39 is 23.3 Å². The van der Waals surface area contributed by atoms with Crippen LogP contribution in [-0.4, -0.2) is 15.7 Å². The van der Waals surface area contributed by atoms with E-state index in [0.29, 0.717) is 17.1 Å². The first-order valence-corrected chi connectivity index (χ1v) is 9.01. The normalized spacial score (nSPS) is 12.3. The number of amides is 1. The van der Waals surface area contributed by atoms with Gasteiger partial charge < -0.3 is 5.32 Å². The van der Waals surface area contributed by atoms with Crippen LogP contribution in [0.4, 0.5) is 18.9 Å². The van der Waals surface area contributed by atoms with Crippen LogP contribution in [0, 0.1) is 5.41 Å². The van der Waals surface area contributed by atoms with Gasteiger partial charge in [0.1, 0.15) is 0 Å². The summed E-state index contributed by atoms with van der Waals surface area (Å²) in [5.74, 6) is -0.853. The van der Waals surface area contributed by atoms with E-state index in [4.69, 9.17) is 11.6 Å². The number of aryl methyl sites for hydroxylation is 2. The quantitative estimate of drug-likeness (QED) is 0.673. The first-order valence-electron chi connectivity index (χ1n) is 8.63. The molecule has 0 spiro atoms. The number of aromatic nitrogens is 2. The fourth-order valence-electron chi connectivity index (χ4n) is 2.59. The number of benzene rings is 1. The zero-order valence-corrected chi connectivity index (χ0v) is 16.5. The minimum absolute atomic E-state index is 0.108. The molecule has 0 saturated heterocycles. The molecule has 148 valence electrons. The van der Waals surface area contributed by atoms with Gasteiger partial charge in [-0.25, -0.2) is 0 Å². The van der Waals surface area contributed by atoms with Crippen LogP contribution >= 0.6 is 11.6 Å². The van der Waals surface area contributed by atoms with Crippen molar-refractivity contribution in [2.24, 2.45) is 12.5 Å². The standard InChI is InChI=1S/C19H23ClF3N3O/c1-5-18(2,3)9-8-12-10-13(20)6-7-15(12)24-17(27)14-11-26(4)25-16(14)19(21,22)23/h6-7,10-11H,5,8-9H2,1-4H3,(H,24,27). The Morgan fingerprint density at radius 1 is 1.30 bits per heavy atom. The monoisotopic (exact) mass is 401 g/mol. The first-order chi connectivity index (χ1) is 12.4. The average molecular weight is 402 g/mol. The van der Waals surface area contributed by atoms with Gasteiger partial charge in [0.05, 0.1) is 5.56 Å². The number of hydrogen-bond acceptors (Lipinski definition) is 2. The highest BCUT2D eigenvalue weighted by atomic mass is 35.5. The van der Waals surface area contributed by atoms with Crippen LogP contribution in [0.5, 0.6) is 0 Å². The van der Waals surface area contributed by atoms with Crippen molar-refractivity contribution in [2.45, 2.75) is 46.2 Å². The Balaban J connectivity index is 2.29. The molecule has 0 bridgehead atoms. The number of anilines is 1. The van der Waals surface area contributed by atoms with Crippen LogP contribution in [0.15, 0.2) is 24.4 Å². The molecule has 0 fully saturated rings. The largest absolute Gasteiger partial charge is 0.435 e. The van der Waals surface area contributed by atoms with E-state index in [2.05, 4.69) is 31.2 Å². The second-order valence-corrected chi connectivity index (χ2v) is 7.77. The lowest BCUT2D eigenvalue weighted by molar-refractivity contribution is -0.141. The molecule has 0 aliphatic rings. The summed E-state index contributed by atoms with van der Waals surface area (Å²) in [7, 11) is 1.34. The number of carbonyl (C=O) groups is 1. The Labute approximate surface area is 161 Å². The highest BCUT2D eigenvalue weighted by Crippen LogP contribution is 2.32. The van der Waals surface area contributed by atoms with Gasteiger partial charge in [-0.1, -0.05) is 38.8 Å². The van der Waals surface area contributed by atoms with E-state index in [0.717, 1.165) is 29.3 Å². The third-order valence-electron chi connectivity index (χ3n) is 4.69. The van der Waals surface area contributed by atoms with Gasteiger partial charge in [-0.05, 0) is 42.0 Å². The van der Waals surface area contributed by atoms with Crippen molar-refractivity contribution in [3.8, 4) is 0 Å². The summed E-state index contributed by atoms with van der Waals surface area (Å²) in [5, 5.41) is 6.46. The molecule has 0 aliphatic carbocycles. The average Bonchev–Trinajstić information content (AvgIpc) is 2.97. The van der Waals surface area contributed by atoms with Crippen molar-refractivity contribution >= 4 is 23.2 Å². The molecule has 1 N–H and O–H groups in total. The van der Waals surface area contributed by atoms with Gasteiger partial charge in [0, 0.05) is 24.0 Å². The van der Waals surface area contributed by atoms with Crippen molar-refractivity contribution in [2.75, 3.05) is 5.32 Å². The number of rotatable bonds is 6. The molecule has 0 saturated carbocycles. The Morgan fingerprint density at radius 2 is 1.96 bits per heavy atom. The smallest absolute Gasteiger partial charge is 0.322 e. The minimum Gasteiger partial charge on any atom is -0.322 e. The second-order valence-electron chi connectivity index (χ2n) is 7.34. The van der Waals surface area contributed by atoms with Crippen LogP contribution in [-0.2, 0) is 19.6 Å². The number of nitrogens with zero attached hydrogens (tertiary/aromatic N) is 2. The number of alkyl halides is 3. The van der Waals surface area contributed by atoms with Crippen molar-refractivity contribution < 1.29 is 18.0 Å². The van der Waals surface area contributed by atoms with Crippen LogP contribution in [0.25, 0.3) is 0 Å². The summed E-state index contributed by atoms with van der Waals surface area (Å²) in [6.07, 6.45) is -1.15. The van der Waals surface area contributed by atoms with E-state index in [1.807, 2.05) is 0 Å². The highest BCUT2D eigenvalue weighted by molar-refractivity contribution is 6.30. The van der Waals surface area contributed by atoms with Gasteiger partial charge in [-0.2, -0.15) is 18.3 Å². The van der Waals surface area contributed by atoms with E-state index in [-0.39, 0.29) is 5.41 Å². The molecule has 0 unspecified atom stereocenters. The SMILES string of the molecule is CCC(C)(C)CCc1cc(Cl)ccc1NC(=O)c1cn(C)nc1C(F)(F)F. The van der Waals surface area contributed by atoms with Gasteiger partial charge >= 0.3 is 6.18 Å². The van der Waals surface area contributed by atoms with Crippen LogP contribution in [0.2, 0.25) is 5.02 Å². The van der Waals surface area contributed by atoms with E-state index in [9.17, 15) is 18.0 Å². The van der Waals surface area contributed by atoms with Crippen molar-refractivity contribution in [3.63, 3.8) is 0 Å². The summed E-state index contributed by atoms with van der Waals surface area (Å²) in [6, 6.07) is 4.94. The van der Waals surface area contributed by atoms with Gasteiger partial charge in [0.25, 0.3) is 5.91 Å². The lowest BCUT2D eigenvalue weighted by Crippen LogP contribution is -2.19. The molecular weight excluding hydrogens is 379 g/mol. The van der Waals surface area contributed by atoms with Gasteiger partial charge in [-0.3, -0.25) is 9.48 Å². The highest BCUT2D eigenvalue weighted by Gasteiger charge is 2.39. The number of hydrogen-bond donors (Lipinski definition) is 1. The van der Waals surface area contributed by atoms with Crippen molar-refractivity contribution in [3.05, 3.63) is 46.2 Å². The van der Waals surface area contributed by atoms with Crippen molar-refractivity contribution in [1.82, 2.24) is 9.78 Å². The van der Waals surface area contributed by atoms with Crippen LogP contribution < -0.4 is 5.32 Å². The van der Waals surface area contributed by atoms with Crippen LogP contribution in [0.3, 0.4) is 0 Å². The third-order valence-corrected chi connectivity index (χ3v) is 4.92. The molecule has 8 heteroatoms. The summed E-state index contributed by atoms with van der Waals surface area (Å²) in [5.41, 5.74) is -0.371. The predicted octanol–water partition coefficient (Wildman–Crippen LogP) is 5.71. The zero-order chi connectivity index (χ0) is 20.4. The fraction of sp³-hybridized carbons (Fsp3) is 0.474. The maximum absolute atomic E-state index is 13.1. The molecule has 1 aromatic carbocycles. The molecule has 1 amide bonds. The third kappa shape index (κ3) is 5.48. The molecule has 2 rings (SSSR count). The molecule has 27 heavy (non-hydrogen) atoms. The summed E-state index contributed by atoms with van der Waals surface area (Å²) >= 11 is 6.07. The fourth-order valence-corrected chi connectivity index (χ4v) is 2.79. The number of nitrogens with one attached hydrogen (secondary N) is 1. The topological polar surface area (TPSA) is 46.9 Å². The molecule has 0 aliphatic heterocycles. The first kappa shape index (κ1) is 21.3. The molecular formula is C19H23ClF3N3O. The number of carbonyl (C=O) groups excluding carboxylic acids is 1. The zero-order valence-electron chi connectivity index (χ0n) is 15.7. The Hall–Kier alpha value is -2.02. The Morgan fingerprint density at radius 3 is 2.56 bits per heavy atom. The summed E-state index contributed by atoms with van der Waals surface area (Å²) in [4.78, 5) is 12.5. The van der Waals surface area contributed by atoms with Crippen molar-refractivity contribution in [1.29, 1.82) is 0 Å². The predicted molar refractivity (Wildman–Crippen MR) is 100 cm³/mol. The minimum atomic E-state index is -4.71. The molecule has 1 heterocycles. The maximum Gasteiger partial charge on any atom is 0.435 e. The van der Waals surface area contributed by atoms with Crippen LogP contribution in [0.1, 0.15) is 55.2 Å². The van der Waals surface area contributed by atoms with Gasteiger partial charge in [0.15, 0.2) is 5.69 Å². The Kier molecular flexibility index (Phi) is 6.24. The number of halogens is 4. The molecule has 4 nitrogen and oxygen atoms in total. The Bertz CT molecular complexity index is 828. The molecule has 0 radical (unpaired) electrons. The van der Waals surface area contributed by atoms with Gasteiger partial charge in [0.2, 0.25) is 0 Å². The van der Waals surface area contributed by atoms with Gasteiger partial charge in [-0.15, -0.1) is 0 Å².